The predicted molar refractivity (Wildman–Crippen MR) is 82.3 cm³/mol. The topological polar surface area (TPSA) is 27.0 Å². The van der Waals surface area contributed by atoms with Gasteiger partial charge in [-0.15, -0.1) is 0 Å². The molecule has 0 aliphatic rings. The molecule has 0 unspecified atom stereocenters. The Hall–Kier alpha value is -1.41. The van der Waals surface area contributed by atoms with Gasteiger partial charge in [-0.1, -0.05) is 32.1 Å². The Morgan fingerprint density at radius 2 is 1.74 bits per heavy atom. The summed E-state index contributed by atoms with van der Waals surface area (Å²) in [5, 5.41) is 8.90. The van der Waals surface area contributed by atoms with Gasteiger partial charge in [0, 0.05) is 24.6 Å². The summed E-state index contributed by atoms with van der Waals surface area (Å²) < 4.78 is 0. The van der Waals surface area contributed by atoms with Crippen LogP contribution in [0.25, 0.3) is 0 Å². The third-order valence-corrected chi connectivity index (χ3v) is 2.96. The highest BCUT2D eigenvalue weighted by atomic mass is 15.2. The molecule has 0 bridgehead atoms. The number of nitrogens with zero attached hydrogens (tertiary/aromatic N) is 2. The number of hydrogen-bond acceptors (Lipinski definition) is 2. The minimum atomic E-state index is 0.356. The monoisotopic (exact) mass is 260 g/mol. The summed E-state index contributed by atoms with van der Waals surface area (Å²) in [5.74, 6) is 6.38. The van der Waals surface area contributed by atoms with Gasteiger partial charge in [0.15, 0.2) is 0 Å². The fraction of sp³-hybridized carbons (Fsp3) is 0.706. The van der Waals surface area contributed by atoms with Gasteiger partial charge in [0.2, 0.25) is 0 Å². The van der Waals surface area contributed by atoms with E-state index >= 15 is 0 Å². The van der Waals surface area contributed by atoms with Crippen molar-refractivity contribution in [3.63, 3.8) is 0 Å². The highest BCUT2D eigenvalue weighted by molar-refractivity contribution is 5.32. The van der Waals surface area contributed by atoms with Crippen LogP contribution in [0, 0.1) is 23.2 Å². The van der Waals surface area contributed by atoms with E-state index in [1.54, 1.807) is 6.08 Å². The molecule has 19 heavy (non-hydrogen) atoms. The molecule has 0 rings (SSSR count). The summed E-state index contributed by atoms with van der Waals surface area (Å²) in [5.41, 5.74) is 0.850. The van der Waals surface area contributed by atoms with Gasteiger partial charge >= 0.3 is 0 Å². The van der Waals surface area contributed by atoms with Crippen LogP contribution in [-0.2, 0) is 0 Å². The van der Waals surface area contributed by atoms with Crippen LogP contribution in [0.3, 0.4) is 0 Å². The molecular formula is C17H28N2. The lowest BCUT2D eigenvalue weighted by Crippen LogP contribution is -2.35. The quantitative estimate of drug-likeness (QED) is 0.383. The van der Waals surface area contributed by atoms with E-state index in [1.165, 1.54) is 19.3 Å². The Morgan fingerprint density at radius 3 is 2.21 bits per heavy atom. The van der Waals surface area contributed by atoms with Gasteiger partial charge in [0.1, 0.15) is 0 Å². The minimum absolute atomic E-state index is 0.356. The predicted octanol–water partition coefficient (Wildman–Crippen LogP) is 4.49. The average Bonchev–Trinajstić information content (AvgIpc) is 2.32. The molecule has 0 amide bonds. The Kier molecular flexibility index (Phi) is 9.73. The zero-order valence-corrected chi connectivity index (χ0v) is 13.2. The van der Waals surface area contributed by atoms with E-state index in [2.05, 4.69) is 57.4 Å². The molecule has 0 atom stereocenters. The zero-order chi connectivity index (χ0) is 14.7. The van der Waals surface area contributed by atoms with Crippen LogP contribution in [0.4, 0.5) is 0 Å². The first-order valence-electron chi connectivity index (χ1n) is 7.41. The highest BCUT2D eigenvalue weighted by Crippen LogP contribution is 2.13. The lowest BCUT2D eigenvalue weighted by Gasteiger charge is -2.32. The molecule has 0 radical (unpaired) electrons. The van der Waals surface area contributed by atoms with Gasteiger partial charge in [-0.3, -0.25) is 0 Å². The molecule has 0 aromatic heterocycles. The number of rotatable bonds is 7. The number of nitriles is 1. The summed E-state index contributed by atoms with van der Waals surface area (Å²) in [7, 11) is 0. The van der Waals surface area contributed by atoms with Crippen molar-refractivity contribution >= 4 is 0 Å². The molecule has 106 valence electrons. The standard InChI is InChI=1S/C17H28N2/c1-6-7-8-9-10-11-12-17(13-14-18)19(15(2)3)16(4)5/h13,15-16H,6-10H2,1-5H3/b17-13-. The van der Waals surface area contributed by atoms with E-state index in [4.69, 9.17) is 5.26 Å². The van der Waals surface area contributed by atoms with Crippen molar-refractivity contribution in [3.05, 3.63) is 11.8 Å². The summed E-state index contributed by atoms with van der Waals surface area (Å²) in [6.07, 6.45) is 7.44. The number of allylic oxidation sites excluding steroid dienone is 2. The lowest BCUT2D eigenvalue weighted by atomic mass is 10.1. The normalized spacial score (nSPS) is 11.2. The highest BCUT2D eigenvalue weighted by Gasteiger charge is 2.14. The van der Waals surface area contributed by atoms with E-state index in [9.17, 15) is 0 Å². The molecule has 0 N–H and O–H groups in total. The third-order valence-electron chi connectivity index (χ3n) is 2.96. The molecule has 0 spiro atoms. The smallest absolute Gasteiger partial charge is 0.0989 e. The maximum atomic E-state index is 8.90. The SMILES string of the molecule is CCCCCCC#C/C(=C/C#N)N(C(C)C)C(C)C. The van der Waals surface area contributed by atoms with Crippen molar-refractivity contribution in [2.75, 3.05) is 0 Å². The van der Waals surface area contributed by atoms with Crippen molar-refractivity contribution in [2.45, 2.75) is 78.8 Å². The lowest BCUT2D eigenvalue weighted by molar-refractivity contribution is 0.241. The maximum absolute atomic E-state index is 8.90. The van der Waals surface area contributed by atoms with Gasteiger partial charge in [0.05, 0.1) is 11.8 Å². The Bertz CT molecular complexity index is 353. The summed E-state index contributed by atoms with van der Waals surface area (Å²) in [4.78, 5) is 2.20. The second-order valence-corrected chi connectivity index (χ2v) is 5.37. The third kappa shape index (κ3) is 7.58. The summed E-state index contributed by atoms with van der Waals surface area (Å²) >= 11 is 0. The van der Waals surface area contributed by atoms with E-state index in [0.717, 1.165) is 18.5 Å². The maximum Gasteiger partial charge on any atom is 0.0989 e. The molecule has 2 nitrogen and oxygen atoms in total. The van der Waals surface area contributed by atoms with Gasteiger partial charge in [0.25, 0.3) is 0 Å². The van der Waals surface area contributed by atoms with Gasteiger partial charge in [-0.05, 0) is 40.0 Å². The van der Waals surface area contributed by atoms with Gasteiger partial charge < -0.3 is 4.90 Å². The van der Waals surface area contributed by atoms with Crippen molar-refractivity contribution in [1.82, 2.24) is 4.90 Å². The largest absolute Gasteiger partial charge is 0.359 e. The van der Waals surface area contributed by atoms with Crippen LogP contribution < -0.4 is 0 Å². The van der Waals surface area contributed by atoms with E-state index in [0.29, 0.717) is 12.1 Å². The Morgan fingerprint density at radius 1 is 1.11 bits per heavy atom. The summed E-state index contributed by atoms with van der Waals surface area (Å²) in [6, 6.07) is 2.82. The first-order valence-corrected chi connectivity index (χ1v) is 7.41. The van der Waals surface area contributed by atoms with E-state index in [-0.39, 0.29) is 0 Å². The molecule has 0 saturated carbocycles. The summed E-state index contributed by atoms with van der Waals surface area (Å²) in [6.45, 7) is 10.7. The van der Waals surface area contributed by atoms with Crippen LogP contribution in [0.5, 0.6) is 0 Å². The van der Waals surface area contributed by atoms with Crippen molar-refractivity contribution in [3.8, 4) is 17.9 Å². The molecule has 0 saturated heterocycles. The molecule has 0 fully saturated rings. The van der Waals surface area contributed by atoms with Gasteiger partial charge in [-0.2, -0.15) is 5.26 Å². The number of unbranched alkanes of at least 4 members (excludes halogenated alkanes) is 4. The molecule has 0 aromatic rings. The fourth-order valence-electron chi connectivity index (χ4n) is 2.18. The second-order valence-electron chi connectivity index (χ2n) is 5.37. The van der Waals surface area contributed by atoms with E-state index in [1.807, 2.05) is 0 Å². The average molecular weight is 260 g/mol. The van der Waals surface area contributed by atoms with Crippen LogP contribution in [0.1, 0.15) is 66.7 Å². The molecule has 0 aromatic carbocycles. The number of hydrogen-bond donors (Lipinski definition) is 0. The molecule has 0 aliphatic carbocycles. The van der Waals surface area contributed by atoms with Gasteiger partial charge in [-0.25, -0.2) is 0 Å². The Labute approximate surface area is 119 Å². The van der Waals surface area contributed by atoms with Crippen LogP contribution in [0.2, 0.25) is 0 Å². The molecule has 0 heterocycles. The molecule has 2 heteroatoms. The van der Waals surface area contributed by atoms with Crippen LogP contribution in [-0.4, -0.2) is 17.0 Å². The van der Waals surface area contributed by atoms with Crippen molar-refractivity contribution in [1.29, 1.82) is 5.26 Å². The minimum Gasteiger partial charge on any atom is -0.359 e. The van der Waals surface area contributed by atoms with Crippen molar-refractivity contribution < 1.29 is 0 Å². The van der Waals surface area contributed by atoms with E-state index < -0.39 is 0 Å². The Balaban J connectivity index is 4.63. The fourth-order valence-corrected chi connectivity index (χ4v) is 2.18. The first kappa shape index (κ1) is 17.6. The van der Waals surface area contributed by atoms with Crippen LogP contribution >= 0.6 is 0 Å². The van der Waals surface area contributed by atoms with Crippen LogP contribution in [0.15, 0.2) is 11.8 Å². The zero-order valence-electron chi connectivity index (χ0n) is 13.2. The van der Waals surface area contributed by atoms with Crippen molar-refractivity contribution in [2.24, 2.45) is 0 Å². The second kappa shape index (κ2) is 10.5. The molecule has 0 aliphatic heterocycles. The first-order chi connectivity index (χ1) is 9.04. The molecular weight excluding hydrogens is 232 g/mol.